The molecule has 5 heteroatoms. The molecule has 0 aliphatic heterocycles. The minimum Gasteiger partial charge on any atom is -0.375 e. The molecule has 1 aromatic carbocycles. The Morgan fingerprint density at radius 2 is 2.17 bits per heavy atom. The molecule has 100 valence electrons. The number of rotatable bonds is 5. The van der Waals surface area contributed by atoms with E-state index >= 15 is 0 Å². The summed E-state index contributed by atoms with van der Waals surface area (Å²) in [4.78, 5) is 11.5. The number of amides is 2. The molecule has 2 amide bonds. The maximum Gasteiger partial charge on any atom is 0.315 e. The minimum atomic E-state index is -0.207. The van der Waals surface area contributed by atoms with Crippen LogP contribution in [0, 0.1) is 0 Å². The van der Waals surface area contributed by atoms with Gasteiger partial charge in [0.05, 0.1) is 6.10 Å². The summed E-state index contributed by atoms with van der Waals surface area (Å²) in [5.41, 5.74) is 0.940. The Kier molecular flexibility index (Phi) is 5.95. The molecule has 1 atom stereocenters. The highest BCUT2D eigenvalue weighted by atomic mass is 35.5. The predicted molar refractivity (Wildman–Crippen MR) is 72.9 cm³/mol. The first-order chi connectivity index (χ1) is 8.52. The number of methoxy groups -OCH3 is 1. The van der Waals surface area contributed by atoms with Crippen LogP contribution in [-0.2, 0) is 4.74 Å². The standard InChI is InChI=1S/C13H19ClN2O2/c1-9(2)16-13(17)15-8-12(18-3)10-5-4-6-11(14)7-10/h4-7,9,12H,8H2,1-3H3,(H2,15,16,17)/t12-/m0/s1. The fourth-order valence-corrected chi connectivity index (χ4v) is 1.74. The molecule has 18 heavy (non-hydrogen) atoms. The quantitative estimate of drug-likeness (QED) is 0.864. The lowest BCUT2D eigenvalue weighted by Crippen LogP contribution is -2.41. The Labute approximate surface area is 113 Å². The second kappa shape index (κ2) is 7.24. The van der Waals surface area contributed by atoms with Gasteiger partial charge in [-0.25, -0.2) is 4.79 Å². The van der Waals surface area contributed by atoms with Gasteiger partial charge in [0, 0.05) is 24.7 Å². The molecule has 1 rings (SSSR count). The van der Waals surface area contributed by atoms with Crippen LogP contribution in [0.4, 0.5) is 4.79 Å². The average molecular weight is 271 g/mol. The third kappa shape index (κ3) is 4.94. The molecule has 4 nitrogen and oxygen atoms in total. The molecular formula is C13H19ClN2O2. The van der Waals surface area contributed by atoms with E-state index in [1.807, 2.05) is 32.0 Å². The van der Waals surface area contributed by atoms with Gasteiger partial charge in [-0.15, -0.1) is 0 Å². The number of hydrogen-bond acceptors (Lipinski definition) is 2. The van der Waals surface area contributed by atoms with E-state index in [4.69, 9.17) is 16.3 Å². The molecule has 0 bridgehead atoms. The third-order valence-corrected chi connectivity index (χ3v) is 2.61. The summed E-state index contributed by atoms with van der Waals surface area (Å²) in [5.74, 6) is 0. The van der Waals surface area contributed by atoms with Crippen LogP contribution < -0.4 is 10.6 Å². The van der Waals surface area contributed by atoms with Crippen molar-refractivity contribution in [2.75, 3.05) is 13.7 Å². The van der Waals surface area contributed by atoms with Crippen molar-refractivity contribution >= 4 is 17.6 Å². The van der Waals surface area contributed by atoms with E-state index in [2.05, 4.69) is 10.6 Å². The van der Waals surface area contributed by atoms with Gasteiger partial charge in [-0.1, -0.05) is 23.7 Å². The van der Waals surface area contributed by atoms with E-state index in [1.54, 1.807) is 13.2 Å². The molecule has 0 saturated heterocycles. The van der Waals surface area contributed by atoms with Gasteiger partial charge in [-0.3, -0.25) is 0 Å². The maximum atomic E-state index is 11.5. The molecule has 0 unspecified atom stereocenters. The summed E-state index contributed by atoms with van der Waals surface area (Å²) in [6.45, 7) is 4.21. The summed E-state index contributed by atoms with van der Waals surface area (Å²) in [6.07, 6.45) is -0.207. The molecule has 2 N–H and O–H groups in total. The van der Waals surface area contributed by atoms with Crippen LogP contribution >= 0.6 is 11.6 Å². The van der Waals surface area contributed by atoms with E-state index in [1.165, 1.54) is 0 Å². The highest BCUT2D eigenvalue weighted by molar-refractivity contribution is 6.30. The Balaban J connectivity index is 2.55. The van der Waals surface area contributed by atoms with Crippen molar-refractivity contribution in [3.05, 3.63) is 34.9 Å². The summed E-state index contributed by atoms with van der Waals surface area (Å²) < 4.78 is 5.35. The van der Waals surface area contributed by atoms with Gasteiger partial charge in [0.2, 0.25) is 0 Å². The number of hydrogen-bond donors (Lipinski definition) is 2. The van der Waals surface area contributed by atoms with Crippen molar-refractivity contribution < 1.29 is 9.53 Å². The summed E-state index contributed by atoms with van der Waals surface area (Å²) >= 11 is 5.92. The zero-order valence-electron chi connectivity index (χ0n) is 10.9. The number of benzene rings is 1. The van der Waals surface area contributed by atoms with Crippen molar-refractivity contribution in [2.45, 2.75) is 26.0 Å². The van der Waals surface area contributed by atoms with Crippen LogP contribution in [0.3, 0.4) is 0 Å². The Morgan fingerprint density at radius 3 is 2.72 bits per heavy atom. The van der Waals surface area contributed by atoms with Gasteiger partial charge >= 0.3 is 6.03 Å². The first-order valence-electron chi connectivity index (χ1n) is 5.85. The molecule has 0 heterocycles. The highest BCUT2D eigenvalue weighted by Gasteiger charge is 2.12. The molecule has 0 radical (unpaired) electrons. The van der Waals surface area contributed by atoms with Crippen LogP contribution in [0.2, 0.25) is 5.02 Å². The van der Waals surface area contributed by atoms with Crippen LogP contribution in [-0.4, -0.2) is 25.7 Å². The van der Waals surface area contributed by atoms with Gasteiger partial charge in [-0.2, -0.15) is 0 Å². The van der Waals surface area contributed by atoms with Crippen molar-refractivity contribution in [3.8, 4) is 0 Å². The molecule has 1 aromatic rings. The molecule has 0 aliphatic rings. The fourth-order valence-electron chi connectivity index (χ4n) is 1.54. The molecule has 0 aliphatic carbocycles. The van der Waals surface area contributed by atoms with Gasteiger partial charge in [-0.05, 0) is 31.5 Å². The van der Waals surface area contributed by atoms with Gasteiger partial charge in [0.15, 0.2) is 0 Å². The molecule has 0 spiro atoms. The van der Waals surface area contributed by atoms with Gasteiger partial charge in [0.25, 0.3) is 0 Å². The van der Waals surface area contributed by atoms with Gasteiger partial charge in [0.1, 0.15) is 0 Å². The summed E-state index contributed by atoms with van der Waals surface area (Å²) in [7, 11) is 1.60. The Morgan fingerprint density at radius 1 is 1.44 bits per heavy atom. The largest absolute Gasteiger partial charge is 0.375 e. The summed E-state index contributed by atoms with van der Waals surface area (Å²) in [5, 5.41) is 6.17. The van der Waals surface area contributed by atoms with E-state index in [9.17, 15) is 4.79 Å². The SMILES string of the molecule is CO[C@@H](CNC(=O)NC(C)C)c1cccc(Cl)c1. The fraction of sp³-hybridized carbons (Fsp3) is 0.462. The number of halogens is 1. The summed E-state index contributed by atoms with van der Waals surface area (Å²) in [6, 6.07) is 7.32. The molecule has 0 fully saturated rings. The molecule has 0 saturated carbocycles. The second-order valence-corrected chi connectivity index (χ2v) is 4.72. The van der Waals surface area contributed by atoms with Crippen molar-refractivity contribution in [1.29, 1.82) is 0 Å². The zero-order chi connectivity index (χ0) is 13.5. The zero-order valence-corrected chi connectivity index (χ0v) is 11.6. The molecule has 0 aromatic heterocycles. The highest BCUT2D eigenvalue weighted by Crippen LogP contribution is 2.19. The normalized spacial score (nSPS) is 12.3. The number of carbonyl (C=O) groups is 1. The monoisotopic (exact) mass is 270 g/mol. The first-order valence-corrected chi connectivity index (χ1v) is 6.23. The number of carbonyl (C=O) groups excluding carboxylic acids is 1. The van der Waals surface area contributed by atoms with E-state index < -0.39 is 0 Å². The van der Waals surface area contributed by atoms with E-state index in [-0.39, 0.29) is 18.2 Å². The number of nitrogens with one attached hydrogen (secondary N) is 2. The maximum absolute atomic E-state index is 11.5. The smallest absolute Gasteiger partial charge is 0.315 e. The van der Waals surface area contributed by atoms with Crippen LogP contribution in [0.25, 0.3) is 0 Å². The van der Waals surface area contributed by atoms with E-state index in [0.717, 1.165) is 5.56 Å². The van der Waals surface area contributed by atoms with E-state index in [0.29, 0.717) is 11.6 Å². The third-order valence-electron chi connectivity index (χ3n) is 2.37. The predicted octanol–water partition coefficient (Wildman–Crippen LogP) is 2.74. The Hall–Kier alpha value is -1.26. The topological polar surface area (TPSA) is 50.4 Å². The minimum absolute atomic E-state index is 0.108. The number of urea groups is 1. The average Bonchev–Trinajstić information content (AvgIpc) is 2.29. The van der Waals surface area contributed by atoms with Crippen molar-refractivity contribution in [2.24, 2.45) is 0 Å². The van der Waals surface area contributed by atoms with Crippen LogP contribution in [0.1, 0.15) is 25.5 Å². The van der Waals surface area contributed by atoms with Crippen molar-refractivity contribution in [1.82, 2.24) is 10.6 Å². The van der Waals surface area contributed by atoms with Crippen LogP contribution in [0.5, 0.6) is 0 Å². The number of ether oxygens (including phenoxy) is 1. The lowest BCUT2D eigenvalue weighted by Gasteiger charge is -2.17. The lowest BCUT2D eigenvalue weighted by atomic mass is 10.1. The Bertz CT molecular complexity index is 396. The van der Waals surface area contributed by atoms with Crippen molar-refractivity contribution in [3.63, 3.8) is 0 Å². The lowest BCUT2D eigenvalue weighted by molar-refractivity contribution is 0.104. The second-order valence-electron chi connectivity index (χ2n) is 4.29. The van der Waals surface area contributed by atoms with Gasteiger partial charge < -0.3 is 15.4 Å². The van der Waals surface area contributed by atoms with Crippen LogP contribution in [0.15, 0.2) is 24.3 Å². The molecular weight excluding hydrogens is 252 g/mol. The first kappa shape index (κ1) is 14.8.